The monoisotopic (exact) mass is 341 g/mol. The maximum Gasteiger partial charge on any atom is 0.251 e. The second-order valence-electron chi connectivity index (χ2n) is 5.88. The normalized spacial score (nSPS) is 16.4. The summed E-state index contributed by atoms with van der Waals surface area (Å²) in [5, 5.41) is 2.91. The summed E-state index contributed by atoms with van der Waals surface area (Å²) in [5.41, 5.74) is 0.617. The van der Waals surface area contributed by atoms with E-state index in [1.807, 2.05) is 30.3 Å². The van der Waals surface area contributed by atoms with Gasteiger partial charge in [0.2, 0.25) is 0 Å². The lowest BCUT2D eigenvalue weighted by Crippen LogP contribution is -2.31. The molecule has 1 fully saturated rings. The summed E-state index contributed by atoms with van der Waals surface area (Å²) in [6.45, 7) is 2.27. The molecule has 1 amide bonds. The lowest BCUT2D eigenvalue weighted by molar-refractivity contribution is 0.0857. The number of amides is 1. The lowest BCUT2D eigenvalue weighted by atomic mass is 10.2. The fraction of sp³-hybridized carbons (Fsp3) is 0.350. The van der Waals surface area contributed by atoms with Gasteiger partial charge in [0.15, 0.2) is 0 Å². The van der Waals surface area contributed by atoms with Gasteiger partial charge >= 0.3 is 0 Å². The first-order valence-electron chi connectivity index (χ1n) is 8.62. The van der Waals surface area contributed by atoms with E-state index in [0.29, 0.717) is 31.1 Å². The first-order chi connectivity index (χ1) is 12.3. The third-order valence-electron chi connectivity index (χ3n) is 3.99. The van der Waals surface area contributed by atoms with E-state index in [1.165, 1.54) is 0 Å². The minimum atomic E-state index is -0.0885. The van der Waals surface area contributed by atoms with Gasteiger partial charge in [0.25, 0.3) is 5.91 Å². The zero-order chi connectivity index (χ0) is 17.3. The number of carbonyl (C=O) groups excluding carboxylic acids is 1. The number of nitrogens with one attached hydrogen (secondary N) is 1. The van der Waals surface area contributed by atoms with Gasteiger partial charge < -0.3 is 19.5 Å². The van der Waals surface area contributed by atoms with Crippen molar-refractivity contribution in [3.63, 3.8) is 0 Å². The van der Waals surface area contributed by atoms with Gasteiger partial charge in [-0.05, 0) is 49.2 Å². The lowest BCUT2D eigenvalue weighted by Gasteiger charge is -2.11. The van der Waals surface area contributed by atoms with Crippen LogP contribution < -0.4 is 14.8 Å². The number of para-hydroxylation sites is 1. The summed E-state index contributed by atoms with van der Waals surface area (Å²) in [7, 11) is 0. The van der Waals surface area contributed by atoms with Crippen LogP contribution in [0.1, 0.15) is 23.2 Å². The molecule has 1 heterocycles. The highest BCUT2D eigenvalue weighted by molar-refractivity contribution is 5.94. The predicted octanol–water partition coefficient (Wildman–Crippen LogP) is 3.05. The highest BCUT2D eigenvalue weighted by Crippen LogP contribution is 2.14. The molecule has 1 aliphatic heterocycles. The van der Waals surface area contributed by atoms with E-state index in [4.69, 9.17) is 14.2 Å². The minimum absolute atomic E-state index is 0.0885. The van der Waals surface area contributed by atoms with E-state index >= 15 is 0 Å². The molecule has 2 aromatic rings. The van der Waals surface area contributed by atoms with Crippen molar-refractivity contribution in [1.29, 1.82) is 0 Å². The molecule has 132 valence electrons. The molecule has 5 nitrogen and oxygen atoms in total. The molecule has 0 aromatic heterocycles. The topological polar surface area (TPSA) is 56.8 Å². The van der Waals surface area contributed by atoms with Crippen molar-refractivity contribution in [2.75, 3.05) is 26.4 Å². The Kier molecular flexibility index (Phi) is 6.29. The van der Waals surface area contributed by atoms with Gasteiger partial charge in [0.05, 0.1) is 6.10 Å². The van der Waals surface area contributed by atoms with Gasteiger partial charge in [-0.2, -0.15) is 0 Å². The number of ether oxygens (including phenoxy) is 3. The van der Waals surface area contributed by atoms with Gasteiger partial charge in [-0.15, -0.1) is 0 Å². The SMILES string of the molecule is O=C(NCC1CCCO1)c1ccc(OCCOc2ccccc2)cc1. The summed E-state index contributed by atoms with van der Waals surface area (Å²) in [4.78, 5) is 12.1. The number of hydrogen-bond acceptors (Lipinski definition) is 4. The van der Waals surface area contributed by atoms with Crippen LogP contribution in [0.5, 0.6) is 11.5 Å². The van der Waals surface area contributed by atoms with Crippen molar-refractivity contribution in [2.24, 2.45) is 0 Å². The van der Waals surface area contributed by atoms with Crippen LogP contribution in [0.15, 0.2) is 54.6 Å². The van der Waals surface area contributed by atoms with Gasteiger partial charge in [0, 0.05) is 18.7 Å². The molecule has 0 aliphatic carbocycles. The Balaban J connectivity index is 1.38. The molecule has 1 N–H and O–H groups in total. The van der Waals surface area contributed by atoms with Crippen LogP contribution in [0.2, 0.25) is 0 Å². The fourth-order valence-electron chi connectivity index (χ4n) is 2.65. The average molecular weight is 341 g/mol. The molecular weight excluding hydrogens is 318 g/mol. The standard InChI is InChI=1S/C20H23NO4/c22-20(21-15-19-7-4-12-23-19)16-8-10-18(11-9-16)25-14-13-24-17-5-2-1-3-6-17/h1-3,5-6,8-11,19H,4,7,12-15H2,(H,21,22). The molecule has 1 aliphatic rings. The molecular formula is C20H23NO4. The summed E-state index contributed by atoms with van der Waals surface area (Å²) in [6, 6.07) is 16.7. The Labute approximate surface area is 147 Å². The summed E-state index contributed by atoms with van der Waals surface area (Å²) >= 11 is 0. The summed E-state index contributed by atoms with van der Waals surface area (Å²) in [5.74, 6) is 1.45. The van der Waals surface area contributed by atoms with E-state index in [-0.39, 0.29) is 12.0 Å². The van der Waals surface area contributed by atoms with Crippen molar-refractivity contribution >= 4 is 5.91 Å². The Hall–Kier alpha value is -2.53. The molecule has 0 radical (unpaired) electrons. The number of hydrogen-bond donors (Lipinski definition) is 1. The van der Waals surface area contributed by atoms with Crippen LogP contribution in [0.25, 0.3) is 0 Å². The largest absolute Gasteiger partial charge is 0.490 e. The first kappa shape index (κ1) is 17.3. The minimum Gasteiger partial charge on any atom is -0.490 e. The number of benzene rings is 2. The summed E-state index contributed by atoms with van der Waals surface area (Å²) < 4.78 is 16.7. The predicted molar refractivity (Wildman–Crippen MR) is 95.2 cm³/mol. The van der Waals surface area contributed by atoms with E-state index in [1.54, 1.807) is 24.3 Å². The van der Waals surface area contributed by atoms with Crippen LogP contribution >= 0.6 is 0 Å². The third kappa shape index (κ3) is 5.50. The Morgan fingerprint density at radius 1 is 1.00 bits per heavy atom. The zero-order valence-electron chi connectivity index (χ0n) is 14.1. The maximum absolute atomic E-state index is 12.1. The van der Waals surface area contributed by atoms with Crippen LogP contribution in [0.3, 0.4) is 0 Å². The van der Waals surface area contributed by atoms with Crippen molar-refractivity contribution in [1.82, 2.24) is 5.32 Å². The van der Waals surface area contributed by atoms with Gasteiger partial charge in [-0.25, -0.2) is 0 Å². The first-order valence-corrected chi connectivity index (χ1v) is 8.62. The zero-order valence-corrected chi connectivity index (χ0v) is 14.1. The molecule has 2 aromatic carbocycles. The Bertz CT molecular complexity index is 651. The highest BCUT2D eigenvalue weighted by atomic mass is 16.5. The Morgan fingerprint density at radius 2 is 1.68 bits per heavy atom. The number of rotatable bonds is 8. The van der Waals surface area contributed by atoms with Gasteiger partial charge in [-0.1, -0.05) is 18.2 Å². The molecule has 1 unspecified atom stereocenters. The smallest absolute Gasteiger partial charge is 0.251 e. The molecule has 25 heavy (non-hydrogen) atoms. The summed E-state index contributed by atoms with van der Waals surface area (Å²) in [6.07, 6.45) is 2.23. The second-order valence-corrected chi connectivity index (χ2v) is 5.88. The van der Waals surface area contributed by atoms with Crippen molar-refractivity contribution in [3.05, 3.63) is 60.2 Å². The third-order valence-corrected chi connectivity index (χ3v) is 3.99. The van der Waals surface area contributed by atoms with Crippen molar-refractivity contribution in [2.45, 2.75) is 18.9 Å². The molecule has 1 atom stereocenters. The molecule has 3 rings (SSSR count). The number of carbonyl (C=O) groups is 1. The van der Waals surface area contributed by atoms with Crippen molar-refractivity contribution < 1.29 is 19.0 Å². The molecule has 0 bridgehead atoms. The van der Waals surface area contributed by atoms with E-state index < -0.39 is 0 Å². The fourth-order valence-corrected chi connectivity index (χ4v) is 2.65. The molecule has 0 spiro atoms. The van der Waals surface area contributed by atoms with Crippen LogP contribution in [-0.4, -0.2) is 38.4 Å². The van der Waals surface area contributed by atoms with E-state index in [2.05, 4.69) is 5.32 Å². The highest BCUT2D eigenvalue weighted by Gasteiger charge is 2.16. The molecule has 5 heteroatoms. The average Bonchev–Trinajstić information content (AvgIpc) is 3.18. The van der Waals surface area contributed by atoms with Gasteiger partial charge in [-0.3, -0.25) is 4.79 Å². The van der Waals surface area contributed by atoms with Crippen molar-refractivity contribution in [3.8, 4) is 11.5 Å². The quantitative estimate of drug-likeness (QED) is 0.750. The van der Waals surface area contributed by atoms with Gasteiger partial charge in [0.1, 0.15) is 24.7 Å². The van der Waals surface area contributed by atoms with E-state index in [9.17, 15) is 4.79 Å². The van der Waals surface area contributed by atoms with E-state index in [0.717, 1.165) is 25.2 Å². The second kappa shape index (κ2) is 9.08. The van der Waals surface area contributed by atoms with Crippen LogP contribution in [-0.2, 0) is 4.74 Å². The van der Waals surface area contributed by atoms with Crippen LogP contribution in [0, 0.1) is 0 Å². The molecule has 1 saturated heterocycles. The maximum atomic E-state index is 12.1. The molecule has 0 saturated carbocycles. The van der Waals surface area contributed by atoms with Crippen LogP contribution in [0.4, 0.5) is 0 Å². The Morgan fingerprint density at radius 3 is 2.32 bits per heavy atom.